The van der Waals surface area contributed by atoms with Gasteiger partial charge >= 0.3 is 0 Å². The van der Waals surface area contributed by atoms with Crippen molar-refractivity contribution in [3.8, 4) is 0 Å². The number of carbonyl (C=O) groups excluding carboxylic acids is 1. The smallest absolute Gasteiger partial charge is 0.257 e. The lowest BCUT2D eigenvalue weighted by Crippen LogP contribution is -2.32. The quantitative estimate of drug-likeness (QED) is 0.884. The van der Waals surface area contributed by atoms with Gasteiger partial charge in [-0.05, 0) is 17.7 Å². The molecule has 0 saturated carbocycles. The molecule has 6 heteroatoms. The lowest BCUT2D eigenvalue weighted by atomic mass is 10.1. The van der Waals surface area contributed by atoms with Crippen LogP contribution in [0.2, 0.25) is 0 Å². The van der Waals surface area contributed by atoms with E-state index in [1.54, 1.807) is 30.3 Å². The SMILES string of the molecule is O=C(N[C@@H](CO)c1ccccc1)c1c(F)cc(Br)cc1F. The third-order valence-corrected chi connectivity index (χ3v) is 3.38. The molecule has 0 unspecified atom stereocenters. The third kappa shape index (κ3) is 3.65. The van der Waals surface area contributed by atoms with Crippen molar-refractivity contribution in [1.82, 2.24) is 5.32 Å². The molecule has 0 aromatic heterocycles. The lowest BCUT2D eigenvalue weighted by molar-refractivity contribution is 0.0907. The highest BCUT2D eigenvalue weighted by molar-refractivity contribution is 9.10. The lowest BCUT2D eigenvalue weighted by Gasteiger charge is -2.17. The van der Waals surface area contributed by atoms with E-state index in [0.717, 1.165) is 12.1 Å². The molecule has 0 saturated heterocycles. The van der Waals surface area contributed by atoms with Crippen molar-refractivity contribution < 1.29 is 18.7 Å². The van der Waals surface area contributed by atoms with Crippen molar-refractivity contribution in [2.75, 3.05) is 6.61 Å². The molecule has 0 bridgehead atoms. The summed E-state index contributed by atoms with van der Waals surface area (Å²) in [6.07, 6.45) is 0. The van der Waals surface area contributed by atoms with E-state index in [1.165, 1.54) is 0 Å². The van der Waals surface area contributed by atoms with Crippen molar-refractivity contribution in [2.24, 2.45) is 0 Å². The summed E-state index contributed by atoms with van der Waals surface area (Å²) in [5.41, 5.74) is -0.0288. The van der Waals surface area contributed by atoms with Gasteiger partial charge < -0.3 is 10.4 Å². The molecule has 0 spiro atoms. The average Bonchev–Trinajstić information content (AvgIpc) is 2.44. The van der Waals surface area contributed by atoms with Crippen LogP contribution in [0.4, 0.5) is 8.78 Å². The fourth-order valence-corrected chi connectivity index (χ4v) is 2.31. The van der Waals surface area contributed by atoms with Crippen molar-refractivity contribution in [3.63, 3.8) is 0 Å². The number of benzene rings is 2. The molecular weight excluding hydrogens is 344 g/mol. The highest BCUT2D eigenvalue weighted by Crippen LogP contribution is 2.20. The second-order valence-corrected chi connectivity index (χ2v) is 5.28. The predicted octanol–water partition coefficient (Wildman–Crippen LogP) is 3.19. The Kier molecular flexibility index (Phi) is 5.03. The highest BCUT2D eigenvalue weighted by Gasteiger charge is 2.21. The number of hydrogen-bond donors (Lipinski definition) is 2. The fraction of sp³-hybridized carbons (Fsp3) is 0.133. The van der Waals surface area contributed by atoms with E-state index in [2.05, 4.69) is 21.2 Å². The van der Waals surface area contributed by atoms with Gasteiger partial charge in [0, 0.05) is 4.47 Å². The summed E-state index contributed by atoms with van der Waals surface area (Å²) in [4.78, 5) is 12.0. The number of nitrogens with one attached hydrogen (secondary N) is 1. The van der Waals surface area contributed by atoms with E-state index in [9.17, 15) is 18.7 Å². The number of rotatable bonds is 4. The summed E-state index contributed by atoms with van der Waals surface area (Å²) in [5, 5.41) is 11.8. The van der Waals surface area contributed by atoms with Crippen LogP contribution in [-0.2, 0) is 0 Å². The van der Waals surface area contributed by atoms with Crippen LogP contribution in [0.5, 0.6) is 0 Å². The second-order valence-electron chi connectivity index (χ2n) is 4.36. The summed E-state index contributed by atoms with van der Waals surface area (Å²) in [6, 6.07) is 9.96. The van der Waals surface area contributed by atoms with Crippen molar-refractivity contribution in [1.29, 1.82) is 0 Å². The largest absolute Gasteiger partial charge is 0.394 e. The van der Waals surface area contributed by atoms with E-state index in [-0.39, 0.29) is 11.1 Å². The average molecular weight is 356 g/mol. The van der Waals surface area contributed by atoms with Crippen LogP contribution in [0.3, 0.4) is 0 Å². The molecule has 0 aliphatic heterocycles. The number of halogens is 3. The maximum Gasteiger partial charge on any atom is 0.257 e. The second kappa shape index (κ2) is 6.78. The van der Waals surface area contributed by atoms with Crippen LogP contribution < -0.4 is 5.32 Å². The van der Waals surface area contributed by atoms with Crippen LogP contribution in [0.25, 0.3) is 0 Å². The number of amides is 1. The zero-order chi connectivity index (χ0) is 15.4. The van der Waals surface area contributed by atoms with E-state index >= 15 is 0 Å². The van der Waals surface area contributed by atoms with Gasteiger partial charge in [0.2, 0.25) is 0 Å². The van der Waals surface area contributed by atoms with Gasteiger partial charge in [-0.1, -0.05) is 46.3 Å². The third-order valence-electron chi connectivity index (χ3n) is 2.92. The normalized spacial score (nSPS) is 12.0. The number of aliphatic hydroxyl groups excluding tert-OH is 1. The Morgan fingerprint density at radius 2 is 1.76 bits per heavy atom. The van der Waals surface area contributed by atoms with Gasteiger partial charge in [0.05, 0.1) is 12.6 Å². The molecule has 2 rings (SSSR count). The van der Waals surface area contributed by atoms with Gasteiger partial charge in [-0.15, -0.1) is 0 Å². The first-order valence-electron chi connectivity index (χ1n) is 6.14. The standard InChI is InChI=1S/C15H12BrF2NO2/c16-10-6-11(17)14(12(18)7-10)15(21)19-13(8-20)9-4-2-1-3-5-9/h1-7,13,20H,8H2,(H,19,21)/t13-/m0/s1. The Balaban J connectivity index is 2.25. The molecule has 0 heterocycles. The van der Waals surface area contributed by atoms with Gasteiger partial charge in [-0.25, -0.2) is 8.78 Å². The number of carbonyl (C=O) groups is 1. The Bertz CT molecular complexity index is 626. The Morgan fingerprint density at radius 3 is 2.29 bits per heavy atom. The van der Waals surface area contributed by atoms with Crippen LogP contribution in [0, 0.1) is 11.6 Å². The van der Waals surface area contributed by atoms with Gasteiger partial charge in [-0.2, -0.15) is 0 Å². The molecule has 1 atom stereocenters. The summed E-state index contributed by atoms with van der Waals surface area (Å²) in [5.74, 6) is -2.85. The van der Waals surface area contributed by atoms with E-state index in [0.29, 0.717) is 5.56 Å². The zero-order valence-corrected chi connectivity index (χ0v) is 12.4. The Morgan fingerprint density at radius 1 is 1.19 bits per heavy atom. The topological polar surface area (TPSA) is 49.3 Å². The van der Waals surface area contributed by atoms with Crippen LogP contribution in [0.15, 0.2) is 46.9 Å². The monoisotopic (exact) mass is 355 g/mol. The van der Waals surface area contributed by atoms with E-state index in [4.69, 9.17) is 0 Å². The molecule has 0 aliphatic rings. The van der Waals surface area contributed by atoms with Gasteiger partial charge in [-0.3, -0.25) is 4.79 Å². The number of aliphatic hydroxyl groups is 1. The fourth-order valence-electron chi connectivity index (χ4n) is 1.91. The molecule has 0 fully saturated rings. The van der Waals surface area contributed by atoms with Crippen molar-refractivity contribution in [2.45, 2.75) is 6.04 Å². The minimum atomic E-state index is -0.968. The molecule has 2 N–H and O–H groups in total. The molecule has 3 nitrogen and oxygen atoms in total. The maximum absolute atomic E-state index is 13.7. The molecule has 110 valence electrons. The van der Waals surface area contributed by atoms with Crippen molar-refractivity contribution in [3.05, 3.63) is 69.7 Å². The summed E-state index contributed by atoms with van der Waals surface area (Å²) >= 11 is 2.95. The minimum absolute atomic E-state index is 0.204. The first kappa shape index (κ1) is 15.6. The van der Waals surface area contributed by atoms with Crippen LogP contribution in [-0.4, -0.2) is 17.6 Å². The molecule has 1 amide bonds. The predicted molar refractivity (Wildman–Crippen MR) is 77.8 cm³/mol. The van der Waals surface area contributed by atoms with Gasteiger partial charge in [0.25, 0.3) is 5.91 Å². The molecule has 2 aromatic rings. The summed E-state index contributed by atoms with van der Waals surface area (Å²) in [6.45, 7) is -0.379. The first-order valence-corrected chi connectivity index (χ1v) is 6.93. The molecule has 0 aliphatic carbocycles. The van der Waals surface area contributed by atoms with Crippen LogP contribution in [0.1, 0.15) is 22.0 Å². The molecular formula is C15H12BrF2NO2. The first-order chi connectivity index (χ1) is 10.0. The van der Waals surface area contributed by atoms with Gasteiger partial charge in [0.15, 0.2) is 0 Å². The van der Waals surface area contributed by atoms with E-state index in [1.807, 2.05) is 0 Å². The molecule has 21 heavy (non-hydrogen) atoms. The molecule has 0 radical (unpaired) electrons. The zero-order valence-electron chi connectivity index (χ0n) is 10.8. The van der Waals surface area contributed by atoms with Crippen molar-refractivity contribution >= 4 is 21.8 Å². The van der Waals surface area contributed by atoms with Crippen LogP contribution >= 0.6 is 15.9 Å². The van der Waals surface area contributed by atoms with E-state index < -0.39 is 29.1 Å². The number of hydrogen-bond acceptors (Lipinski definition) is 2. The van der Waals surface area contributed by atoms with Gasteiger partial charge in [0.1, 0.15) is 17.2 Å². The Labute approximate surface area is 128 Å². The molecule has 2 aromatic carbocycles. The summed E-state index contributed by atoms with van der Waals surface area (Å²) in [7, 11) is 0. The Hall–Kier alpha value is -1.79. The maximum atomic E-state index is 13.7. The highest BCUT2D eigenvalue weighted by atomic mass is 79.9. The minimum Gasteiger partial charge on any atom is -0.394 e. The summed E-state index contributed by atoms with van der Waals surface area (Å²) < 4.78 is 27.7.